The SMILES string of the molecule is COCc1cc(NC(=O)CSCc2c(C)noc2C)cc(C(=O)O)c1. The number of carbonyl (C=O) groups is 2. The molecule has 0 spiro atoms. The summed E-state index contributed by atoms with van der Waals surface area (Å²) in [5, 5.41) is 15.8. The number of carboxylic acids is 1. The van der Waals surface area contributed by atoms with Gasteiger partial charge in [-0.05, 0) is 37.6 Å². The van der Waals surface area contributed by atoms with Gasteiger partial charge in [-0.3, -0.25) is 4.79 Å². The van der Waals surface area contributed by atoms with Gasteiger partial charge in [0.15, 0.2) is 0 Å². The Hall–Kier alpha value is -2.32. The highest BCUT2D eigenvalue weighted by molar-refractivity contribution is 7.99. The Balaban J connectivity index is 1.96. The molecule has 0 saturated heterocycles. The first-order chi connectivity index (χ1) is 11.9. The van der Waals surface area contributed by atoms with E-state index in [1.54, 1.807) is 6.07 Å². The Morgan fingerprint density at radius 3 is 2.68 bits per heavy atom. The fourth-order valence-electron chi connectivity index (χ4n) is 2.29. The number of ether oxygens (including phenoxy) is 1. The van der Waals surface area contributed by atoms with Gasteiger partial charge in [-0.1, -0.05) is 5.16 Å². The van der Waals surface area contributed by atoms with Crippen molar-refractivity contribution in [3.05, 3.63) is 46.3 Å². The summed E-state index contributed by atoms with van der Waals surface area (Å²) in [7, 11) is 1.52. The van der Waals surface area contributed by atoms with Gasteiger partial charge < -0.3 is 19.7 Å². The van der Waals surface area contributed by atoms with Gasteiger partial charge in [0.2, 0.25) is 5.91 Å². The van der Waals surface area contributed by atoms with Crippen LogP contribution in [0, 0.1) is 13.8 Å². The van der Waals surface area contributed by atoms with Crippen molar-refractivity contribution >= 4 is 29.3 Å². The first-order valence-electron chi connectivity index (χ1n) is 7.56. The molecule has 0 aliphatic carbocycles. The predicted molar refractivity (Wildman–Crippen MR) is 94.9 cm³/mol. The molecule has 1 aromatic carbocycles. The van der Waals surface area contributed by atoms with Gasteiger partial charge in [0.25, 0.3) is 0 Å². The lowest BCUT2D eigenvalue weighted by molar-refractivity contribution is -0.113. The minimum absolute atomic E-state index is 0.105. The van der Waals surface area contributed by atoms with Crippen molar-refractivity contribution in [1.29, 1.82) is 0 Å². The summed E-state index contributed by atoms with van der Waals surface area (Å²) in [6.07, 6.45) is 0. The van der Waals surface area contributed by atoms with Crippen molar-refractivity contribution in [2.45, 2.75) is 26.2 Å². The van der Waals surface area contributed by atoms with E-state index in [-0.39, 0.29) is 23.8 Å². The smallest absolute Gasteiger partial charge is 0.335 e. The molecular formula is C17H20N2O5S. The van der Waals surface area contributed by atoms with Gasteiger partial charge >= 0.3 is 5.97 Å². The summed E-state index contributed by atoms with van der Waals surface area (Å²) in [6.45, 7) is 3.97. The monoisotopic (exact) mass is 364 g/mol. The van der Waals surface area contributed by atoms with E-state index in [2.05, 4.69) is 10.5 Å². The zero-order valence-electron chi connectivity index (χ0n) is 14.3. The van der Waals surface area contributed by atoms with Gasteiger partial charge in [0.1, 0.15) is 5.76 Å². The van der Waals surface area contributed by atoms with Gasteiger partial charge in [0.05, 0.1) is 23.6 Å². The van der Waals surface area contributed by atoms with E-state index in [0.717, 1.165) is 17.0 Å². The number of amides is 1. The highest BCUT2D eigenvalue weighted by Gasteiger charge is 2.12. The first kappa shape index (κ1) is 19.0. The number of aromatic carboxylic acids is 1. The lowest BCUT2D eigenvalue weighted by atomic mass is 10.1. The number of anilines is 1. The maximum absolute atomic E-state index is 12.1. The molecule has 0 fully saturated rings. The quantitative estimate of drug-likeness (QED) is 0.742. The van der Waals surface area contributed by atoms with Crippen LogP contribution < -0.4 is 5.32 Å². The zero-order valence-corrected chi connectivity index (χ0v) is 15.1. The van der Waals surface area contributed by atoms with Crippen molar-refractivity contribution in [3.8, 4) is 0 Å². The number of methoxy groups -OCH3 is 1. The number of nitrogens with zero attached hydrogens (tertiary/aromatic N) is 1. The van der Waals surface area contributed by atoms with Gasteiger partial charge in [-0.25, -0.2) is 4.79 Å². The Morgan fingerprint density at radius 1 is 1.32 bits per heavy atom. The fourth-order valence-corrected chi connectivity index (χ4v) is 3.26. The minimum atomic E-state index is -1.05. The maximum atomic E-state index is 12.1. The number of hydrogen-bond acceptors (Lipinski definition) is 6. The summed E-state index contributed by atoms with van der Waals surface area (Å²) in [6, 6.07) is 4.65. The van der Waals surface area contributed by atoms with Crippen LogP contribution >= 0.6 is 11.8 Å². The molecule has 0 aliphatic rings. The molecule has 8 heteroatoms. The molecule has 2 aromatic rings. The van der Waals surface area contributed by atoms with Crippen molar-refractivity contribution in [2.24, 2.45) is 0 Å². The van der Waals surface area contributed by atoms with Crippen LogP contribution in [0.1, 0.15) is 32.9 Å². The van der Waals surface area contributed by atoms with Crippen LogP contribution in [0.25, 0.3) is 0 Å². The van der Waals surface area contributed by atoms with Crippen molar-refractivity contribution in [2.75, 3.05) is 18.2 Å². The second-order valence-corrected chi connectivity index (χ2v) is 6.49. The van der Waals surface area contributed by atoms with Crippen LogP contribution in [-0.2, 0) is 21.9 Å². The number of aromatic nitrogens is 1. The van der Waals surface area contributed by atoms with Crippen LogP contribution in [0.5, 0.6) is 0 Å². The average molecular weight is 364 g/mol. The third-order valence-corrected chi connectivity index (χ3v) is 4.45. The topological polar surface area (TPSA) is 102 Å². The van der Waals surface area contributed by atoms with Crippen LogP contribution in [-0.4, -0.2) is 35.0 Å². The molecule has 25 heavy (non-hydrogen) atoms. The van der Waals surface area contributed by atoms with Crippen LogP contribution in [0.15, 0.2) is 22.7 Å². The Kier molecular flexibility index (Phi) is 6.60. The summed E-state index contributed by atoms with van der Waals surface area (Å²) in [5.74, 6) is 0.354. The standard InChI is InChI=1S/C17H20N2O5S/c1-10-15(11(2)24-19-10)8-25-9-16(20)18-14-5-12(7-23-3)4-13(6-14)17(21)22/h4-6H,7-9H2,1-3H3,(H,18,20)(H,21,22). The highest BCUT2D eigenvalue weighted by Crippen LogP contribution is 2.20. The molecule has 0 radical (unpaired) electrons. The summed E-state index contributed by atoms with van der Waals surface area (Å²) >= 11 is 1.44. The third kappa shape index (κ3) is 5.33. The van der Waals surface area contributed by atoms with Gasteiger partial charge in [-0.2, -0.15) is 0 Å². The van der Waals surface area contributed by atoms with Crippen molar-refractivity contribution in [3.63, 3.8) is 0 Å². The lowest BCUT2D eigenvalue weighted by Gasteiger charge is -2.09. The van der Waals surface area contributed by atoms with Crippen LogP contribution in [0.4, 0.5) is 5.69 Å². The third-order valence-electron chi connectivity index (χ3n) is 3.50. The molecule has 1 heterocycles. The summed E-state index contributed by atoms with van der Waals surface area (Å²) in [4.78, 5) is 23.3. The Morgan fingerprint density at radius 2 is 2.08 bits per heavy atom. The molecule has 2 N–H and O–H groups in total. The van der Waals surface area contributed by atoms with Gasteiger partial charge in [0, 0.05) is 24.1 Å². The molecular weight excluding hydrogens is 344 g/mol. The zero-order chi connectivity index (χ0) is 18.4. The van der Waals surface area contributed by atoms with Crippen LogP contribution in [0.2, 0.25) is 0 Å². The Bertz CT molecular complexity index is 753. The largest absolute Gasteiger partial charge is 0.478 e. The number of thioether (sulfide) groups is 1. The van der Waals surface area contributed by atoms with Gasteiger partial charge in [-0.15, -0.1) is 11.8 Å². The molecule has 0 bridgehead atoms. The number of rotatable bonds is 8. The highest BCUT2D eigenvalue weighted by atomic mass is 32.2. The molecule has 1 amide bonds. The van der Waals surface area contributed by atoms with E-state index in [4.69, 9.17) is 14.4 Å². The lowest BCUT2D eigenvalue weighted by Crippen LogP contribution is -2.15. The second kappa shape index (κ2) is 8.68. The van der Waals surface area contributed by atoms with E-state index in [1.807, 2.05) is 13.8 Å². The number of carboxylic acid groups (broad SMARTS) is 1. The van der Waals surface area contributed by atoms with E-state index in [0.29, 0.717) is 17.0 Å². The molecule has 2 rings (SSSR count). The van der Waals surface area contributed by atoms with E-state index in [9.17, 15) is 9.59 Å². The van der Waals surface area contributed by atoms with Crippen LogP contribution in [0.3, 0.4) is 0 Å². The predicted octanol–water partition coefficient (Wildman–Crippen LogP) is 3.01. The number of benzene rings is 1. The fraction of sp³-hybridized carbons (Fsp3) is 0.353. The number of carbonyl (C=O) groups excluding carboxylic acids is 1. The summed E-state index contributed by atoms with van der Waals surface area (Å²) in [5.41, 5.74) is 3.04. The minimum Gasteiger partial charge on any atom is -0.478 e. The molecule has 0 aliphatic heterocycles. The number of nitrogens with one attached hydrogen (secondary N) is 1. The van der Waals surface area contributed by atoms with Crippen molar-refractivity contribution in [1.82, 2.24) is 5.16 Å². The molecule has 0 atom stereocenters. The number of hydrogen-bond donors (Lipinski definition) is 2. The van der Waals surface area contributed by atoms with Crippen molar-refractivity contribution < 1.29 is 24.0 Å². The molecule has 134 valence electrons. The van der Waals surface area contributed by atoms with E-state index >= 15 is 0 Å². The van der Waals surface area contributed by atoms with E-state index < -0.39 is 5.97 Å². The molecule has 0 unspecified atom stereocenters. The van der Waals surface area contributed by atoms with E-state index in [1.165, 1.54) is 31.0 Å². The maximum Gasteiger partial charge on any atom is 0.335 e. The second-order valence-electron chi connectivity index (χ2n) is 5.50. The summed E-state index contributed by atoms with van der Waals surface area (Å²) < 4.78 is 10.1. The molecule has 0 saturated carbocycles. The molecule has 7 nitrogen and oxygen atoms in total. The molecule has 1 aromatic heterocycles. The normalized spacial score (nSPS) is 10.7. The average Bonchev–Trinajstić information content (AvgIpc) is 2.86. The Labute approximate surface area is 149 Å². The number of aryl methyl sites for hydroxylation is 2. The first-order valence-corrected chi connectivity index (χ1v) is 8.71.